The fourth-order valence-corrected chi connectivity index (χ4v) is 0.944. The van der Waals surface area contributed by atoms with Crippen LogP contribution in [0.1, 0.15) is 17.7 Å². The van der Waals surface area contributed by atoms with E-state index in [1.54, 1.807) is 0 Å². The summed E-state index contributed by atoms with van der Waals surface area (Å²) in [7, 11) is 0. The zero-order valence-corrected chi connectivity index (χ0v) is 6.82. The van der Waals surface area contributed by atoms with Crippen molar-refractivity contribution in [2.75, 3.05) is 0 Å². The number of hydrogen-bond acceptors (Lipinski definition) is 2. The van der Waals surface area contributed by atoms with Gasteiger partial charge < -0.3 is 0 Å². The van der Waals surface area contributed by atoms with Gasteiger partial charge in [-0.2, -0.15) is 5.26 Å². The second-order valence-corrected chi connectivity index (χ2v) is 2.47. The van der Waals surface area contributed by atoms with Crippen LogP contribution in [0, 0.1) is 17.1 Å². The summed E-state index contributed by atoms with van der Waals surface area (Å²) < 4.78 is 36.8. The van der Waals surface area contributed by atoms with E-state index in [4.69, 9.17) is 16.9 Å². The molecule has 1 heterocycles. The van der Waals surface area contributed by atoms with Crippen LogP contribution in [0.2, 0.25) is 5.15 Å². The topological polar surface area (TPSA) is 36.7 Å². The van der Waals surface area contributed by atoms with Crippen molar-refractivity contribution in [3.8, 4) is 6.07 Å². The maximum Gasteiger partial charge on any atom is 0.280 e. The SMILES string of the molecule is N#Cc1c(F)cc(C(F)F)nc1Cl. The van der Waals surface area contributed by atoms with Crippen LogP contribution in [0.4, 0.5) is 13.2 Å². The molecule has 0 fully saturated rings. The molecule has 1 aromatic rings. The molecule has 0 spiro atoms. The van der Waals surface area contributed by atoms with Crippen LogP contribution in [-0.4, -0.2) is 4.98 Å². The molecule has 0 atom stereocenters. The maximum absolute atomic E-state index is 12.8. The van der Waals surface area contributed by atoms with Gasteiger partial charge in [0.15, 0.2) is 0 Å². The normalized spacial score (nSPS) is 10.2. The van der Waals surface area contributed by atoms with Gasteiger partial charge in [-0.15, -0.1) is 0 Å². The summed E-state index contributed by atoms with van der Waals surface area (Å²) in [6, 6.07) is 1.91. The van der Waals surface area contributed by atoms with Gasteiger partial charge in [0, 0.05) is 6.07 Å². The molecule has 0 aliphatic carbocycles. The van der Waals surface area contributed by atoms with Gasteiger partial charge in [0.1, 0.15) is 28.3 Å². The smallest absolute Gasteiger partial charge is 0.233 e. The first kappa shape index (κ1) is 9.81. The van der Waals surface area contributed by atoms with Crippen molar-refractivity contribution < 1.29 is 13.2 Å². The highest BCUT2D eigenvalue weighted by Crippen LogP contribution is 2.23. The van der Waals surface area contributed by atoms with E-state index in [0.29, 0.717) is 6.07 Å². The number of nitrogens with zero attached hydrogens (tertiary/aromatic N) is 2. The zero-order chi connectivity index (χ0) is 10.0. The third-order valence-corrected chi connectivity index (χ3v) is 1.56. The van der Waals surface area contributed by atoms with Gasteiger partial charge in [-0.3, -0.25) is 0 Å². The van der Waals surface area contributed by atoms with Crippen LogP contribution in [0.5, 0.6) is 0 Å². The van der Waals surface area contributed by atoms with Gasteiger partial charge in [0.05, 0.1) is 0 Å². The Labute approximate surface area is 76.6 Å². The van der Waals surface area contributed by atoms with Crippen LogP contribution in [0.25, 0.3) is 0 Å². The third kappa shape index (κ3) is 1.90. The van der Waals surface area contributed by atoms with Crippen molar-refractivity contribution in [2.45, 2.75) is 6.43 Å². The fraction of sp³-hybridized carbons (Fsp3) is 0.143. The maximum atomic E-state index is 12.8. The molecule has 68 valence electrons. The van der Waals surface area contributed by atoms with E-state index in [1.807, 2.05) is 0 Å². The molecule has 0 unspecified atom stereocenters. The predicted octanol–water partition coefficient (Wildman–Crippen LogP) is 2.68. The molecule has 6 heteroatoms. The number of nitriles is 1. The van der Waals surface area contributed by atoms with Crippen molar-refractivity contribution in [1.82, 2.24) is 4.98 Å². The predicted molar refractivity (Wildman–Crippen MR) is 38.9 cm³/mol. The van der Waals surface area contributed by atoms with Crippen LogP contribution < -0.4 is 0 Å². The van der Waals surface area contributed by atoms with Gasteiger partial charge in [-0.05, 0) is 0 Å². The molecule has 0 aromatic carbocycles. The minimum atomic E-state index is -2.90. The largest absolute Gasteiger partial charge is 0.280 e. The lowest BCUT2D eigenvalue weighted by atomic mass is 10.2. The molecule has 0 saturated carbocycles. The highest BCUT2D eigenvalue weighted by Gasteiger charge is 2.16. The zero-order valence-electron chi connectivity index (χ0n) is 6.06. The second kappa shape index (κ2) is 3.62. The number of hydrogen-bond donors (Lipinski definition) is 0. The number of pyridine rings is 1. The molecule has 0 aliphatic heterocycles. The summed E-state index contributed by atoms with van der Waals surface area (Å²) in [6.45, 7) is 0. The molecule has 13 heavy (non-hydrogen) atoms. The van der Waals surface area contributed by atoms with Crippen LogP contribution in [0.3, 0.4) is 0 Å². The molecule has 1 rings (SSSR count). The first-order chi connectivity index (χ1) is 6.06. The molecule has 0 saturated heterocycles. The average Bonchev–Trinajstić information content (AvgIpc) is 2.03. The Morgan fingerprint density at radius 1 is 1.54 bits per heavy atom. The Morgan fingerprint density at radius 2 is 2.15 bits per heavy atom. The lowest BCUT2D eigenvalue weighted by Gasteiger charge is -2.01. The molecule has 1 aromatic heterocycles. The van der Waals surface area contributed by atoms with E-state index < -0.39 is 28.7 Å². The monoisotopic (exact) mass is 206 g/mol. The average molecular weight is 207 g/mol. The minimum Gasteiger partial charge on any atom is -0.233 e. The minimum absolute atomic E-state index is 0.495. The summed E-state index contributed by atoms with van der Waals surface area (Å²) in [5, 5.41) is 7.78. The molecule has 0 amide bonds. The summed E-state index contributed by atoms with van der Waals surface area (Å²) in [5.74, 6) is -1.09. The summed E-state index contributed by atoms with van der Waals surface area (Å²) in [4.78, 5) is 3.16. The highest BCUT2D eigenvalue weighted by atomic mass is 35.5. The first-order valence-electron chi connectivity index (χ1n) is 3.10. The molecule has 0 aliphatic rings. The number of halogens is 4. The quantitative estimate of drug-likeness (QED) is 0.663. The fourth-order valence-electron chi connectivity index (χ4n) is 0.713. The van der Waals surface area contributed by atoms with Gasteiger partial charge in [-0.25, -0.2) is 18.2 Å². The van der Waals surface area contributed by atoms with Gasteiger partial charge in [-0.1, -0.05) is 11.6 Å². The van der Waals surface area contributed by atoms with E-state index in [2.05, 4.69) is 4.98 Å². The van der Waals surface area contributed by atoms with Gasteiger partial charge in [0.25, 0.3) is 6.43 Å². The van der Waals surface area contributed by atoms with Crippen molar-refractivity contribution in [1.29, 1.82) is 5.26 Å². The van der Waals surface area contributed by atoms with E-state index in [0.717, 1.165) is 0 Å². The van der Waals surface area contributed by atoms with Crippen LogP contribution >= 0.6 is 11.6 Å². The molecule has 2 nitrogen and oxygen atoms in total. The Bertz CT molecular complexity index is 349. The Kier molecular flexibility index (Phi) is 2.73. The van der Waals surface area contributed by atoms with Crippen molar-refractivity contribution in [3.05, 3.63) is 28.3 Å². The number of aromatic nitrogens is 1. The first-order valence-corrected chi connectivity index (χ1v) is 3.48. The summed E-state index contributed by atoms with van der Waals surface area (Å²) in [6.07, 6.45) is -2.90. The van der Waals surface area contributed by atoms with Gasteiger partial charge >= 0.3 is 0 Å². The molecular weight excluding hydrogens is 205 g/mol. The number of rotatable bonds is 1. The molecule has 0 bridgehead atoms. The lowest BCUT2D eigenvalue weighted by Crippen LogP contribution is -1.96. The Hall–Kier alpha value is -1.28. The number of alkyl halides is 2. The highest BCUT2D eigenvalue weighted by molar-refractivity contribution is 6.30. The Morgan fingerprint density at radius 3 is 2.54 bits per heavy atom. The standard InChI is InChI=1S/C7H2ClF3N2/c8-6-3(2-12)4(9)1-5(13-6)7(10)11/h1,7H. The van der Waals surface area contributed by atoms with Crippen molar-refractivity contribution in [2.24, 2.45) is 0 Å². The lowest BCUT2D eigenvalue weighted by molar-refractivity contribution is 0.145. The van der Waals surface area contributed by atoms with Crippen molar-refractivity contribution in [3.63, 3.8) is 0 Å². The van der Waals surface area contributed by atoms with Crippen molar-refractivity contribution >= 4 is 11.6 Å². The second-order valence-electron chi connectivity index (χ2n) is 2.11. The third-order valence-electron chi connectivity index (χ3n) is 1.28. The van der Waals surface area contributed by atoms with E-state index in [-0.39, 0.29) is 0 Å². The van der Waals surface area contributed by atoms with E-state index in [1.165, 1.54) is 6.07 Å². The summed E-state index contributed by atoms with van der Waals surface area (Å²) >= 11 is 5.27. The van der Waals surface area contributed by atoms with E-state index >= 15 is 0 Å². The van der Waals surface area contributed by atoms with Crippen LogP contribution in [0.15, 0.2) is 6.07 Å². The molecule has 0 N–H and O–H groups in total. The summed E-state index contributed by atoms with van der Waals surface area (Å²) in [5.41, 5.74) is -1.30. The van der Waals surface area contributed by atoms with Crippen LogP contribution in [-0.2, 0) is 0 Å². The van der Waals surface area contributed by atoms with Gasteiger partial charge in [0.2, 0.25) is 0 Å². The van der Waals surface area contributed by atoms with E-state index in [9.17, 15) is 13.2 Å². The molecule has 0 radical (unpaired) electrons. The Balaban J connectivity index is 3.30. The molecular formula is C7H2ClF3N2.